The number of carbonyl (C=O) groups excluding carboxylic acids is 1. The highest BCUT2D eigenvalue weighted by Gasteiger charge is 2.39. The highest BCUT2D eigenvalue weighted by molar-refractivity contribution is 7.92. The second kappa shape index (κ2) is 7.70. The van der Waals surface area contributed by atoms with Crippen LogP contribution in [0.25, 0.3) is 0 Å². The van der Waals surface area contributed by atoms with E-state index in [2.05, 4.69) is 10.6 Å². The van der Waals surface area contributed by atoms with Gasteiger partial charge in [0.1, 0.15) is 5.54 Å². The van der Waals surface area contributed by atoms with Gasteiger partial charge < -0.3 is 10.6 Å². The Labute approximate surface area is 152 Å². The number of carbonyl (C=O) groups is 1. The molecule has 1 heterocycles. The maximum atomic E-state index is 12.7. The first-order valence-corrected chi connectivity index (χ1v) is 9.05. The molecule has 0 unspecified atom stereocenters. The molecule has 0 bridgehead atoms. The Morgan fingerprint density at radius 1 is 1.42 bits per heavy atom. The first-order chi connectivity index (χ1) is 10.7. The Bertz CT molecular complexity index is 759. The van der Waals surface area contributed by atoms with Crippen LogP contribution in [0.2, 0.25) is 5.02 Å². The van der Waals surface area contributed by atoms with Crippen LogP contribution in [0.4, 0.5) is 0 Å². The fourth-order valence-electron chi connectivity index (χ4n) is 2.42. The summed E-state index contributed by atoms with van der Waals surface area (Å²) >= 11 is 5.98. The predicted molar refractivity (Wildman–Crippen MR) is 93.9 cm³/mol. The van der Waals surface area contributed by atoms with Gasteiger partial charge in [0.25, 0.3) is 0 Å². The molecular formula is C15H19Cl2N3O3S. The molecular weight excluding hydrogens is 373 g/mol. The lowest BCUT2D eigenvalue weighted by Gasteiger charge is -2.20. The first kappa shape index (κ1) is 20.7. The monoisotopic (exact) mass is 391 g/mol. The van der Waals surface area contributed by atoms with E-state index in [4.69, 9.17) is 16.9 Å². The van der Waals surface area contributed by atoms with Gasteiger partial charge in [-0.1, -0.05) is 23.7 Å². The molecule has 2 N–H and O–H groups in total. The van der Waals surface area contributed by atoms with Gasteiger partial charge in [0, 0.05) is 6.54 Å². The molecule has 6 nitrogen and oxygen atoms in total. The molecule has 132 valence electrons. The Morgan fingerprint density at radius 2 is 2.04 bits per heavy atom. The molecule has 1 aromatic carbocycles. The van der Waals surface area contributed by atoms with E-state index in [0.29, 0.717) is 0 Å². The van der Waals surface area contributed by atoms with Crippen molar-refractivity contribution in [3.8, 4) is 6.07 Å². The minimum Gasteiger partial charge on any atom is -0.337 e. The maximum absolute atomic E-state index is 12.7. The van der Waals surface area contributed by atoms with Crippen LogP contribution in [0.1, 0.15) is 20.3 Å². The number of sulfone groups is 1. The Balaban J connectivity index is 0.00000288. The van der Waals surface area contributed by atoms with Crippen molar-refractivity contribution >= 4 is 39.8 Å². The number of nitrogens with one attached hydrogen (secondary N) is 2. The van der Waals surface area contributed by atoms with Crippen molar-refractivity contribution in [3.05, 3.63) is 29.3 Å². The van der Waals surface area contributed by atoms with Gasteiger partial charge in [-0.3, -0.25) is 4.79 Å². The van der Waals surface area contributed by atoms with Gasteiger partial charge in [-0.2, -0.15) is 5.26 Å². The minimum absolute atomic E-state index is 0. The van der Waals surface area contributed by atoms with Crippen molar-refractivity contribution in [3.63, 3.8) is 0 Å². The van der Waals surface area contributed by atoms with Gasteiger partial charge in [0.15, 0.2) is 9.84 Å². The molecule has 1 aromatic rings. The molecule has 1 fully saturated rings. The summed E-state index contributed by atoms with van der Waals surface area (Å²) in [4.78, 5) is 12.2. The lowest BCUT2D eigenvalue weighted by atomic mass is 10.1. The van der Waals surface area contributed by atoms with Crippen LogP contribution in [0.3, 0.4) is 0 Å². The highest BCUT2D eigenvalue weighted by atomic mass is 35.5. The van der Waals surface area contributed by atoms with Crippen molar-refractivity contribution in [1.82, 2.24) is 10.6 Å². The molecule has 24 heavy (non-hydrogen) atoms. The van der Waals surface area contributed by atoms with Crippen LogP contribution < -0.4 is 10.6 Å². The molecule has 0 aromatic heterocycles. The van der Waals surface area contributed by atoms with Gasteiger partial charge in [0.05, 0.1) is 27.3 Å². The molecule has 9 heteroatoms. The molecule has 2 rings (SSSR count). The van der Waals surface area contributed by atoms with E-state index >= 15 is 0 Å². The number of nitrogens with zero attached hydrogens (tertiary/aromatic N) is 1. The smallest absolute Gasteiger partial charge is 0.238 e. The predicted octanol–water partition coefficient (Wildman–Crippen LogP) is 1.68. The summed E-state index contributed by atoms with van der Waals surface area (Å²) in [6.45, 7) is 3.33. The number of nitriles is 1. The third kappa shape index (κ3) is 4.39. The summed E-state index contributed by atoms with van der Waals surface area (Å²) in [5.41, 5.74) is -1.00. The fraction of sp³-hybridized carbons (Fsp3) is 0.467. The zero-order valence-corrected chi connectivity index (χ0v) is 15.6. The van der Waals surface area contributed by atoms with E-state index in [0.717, 1.165) is 0 Å². The Morgan fingerprint density at radius 3 is 2.62 bits per heavy atom. The van der Waals surface area contributed by atoms with Crippen LogP contribution in [-0.4, -0.2) is 37.7 Å². The largest absolute Gasteiger partial charge is 0.337 e. The average Bonchev–Trinajstić information content (AvgIpc) is 2.98. The Hall–Kier alpha value is -1.33. The lowest BCUT2D eigenvalue weighted by molar-refractivity contribution is -0.123. The molecule has 0 radical (unpaired) electrons. The summed E-state index contributed by atoms with van der Waals surface area (Å²) in [5, 5.41) is 13.9. The molecule has 0 spiro atoms. The lowest BCUT2D eigenvalue weighted by Crippen LogP contribution is -2.49. The maximum Gasteiger partial charge on any atom is 0.238 e. The first-order valence-electron chi connectivity index (χ1n) is 7.12. The van der Waals surface area contributed by atoms with E-state index in [1.54, 1.807) is 26.0 Å². The number of hydrogen-bond acceptors (Lipinski definition) is 5. The topological polar surface area (TPSA) is 99.1 Å². The number of benzene rings is 1. The minimum atomic E-state index is -3.62. The van der Waals surface area contributed by atoms with Gasteiger partial charge in [0.2, 0.25) is 5.91 Å². The molecule has 1 aliphatic heterocycles. The molecule has 1 aliphatic rings. The van der Waals surface area contributed by atoms with E-state index in [1.807, 2.05) is 6.07 Å². The zero-order chi connectivity index (χ0) is 17.3. The number of rotatable bonds is 4. The van der Waals surface area contributed by atoms with Gasteiger partial charge in [-0.15, -0.1) is 12.4 Å². The standard InChI is InChI=1S/C15H18ClN3O3S.ClH/c1-15(2,9-17)19-14(20)12-7-10(8-18-12)23(21,22)13-6-4-3-5-11(13)16;/h3-6,10,12,18H,7-8H2,1-2H3,(H,19,20);1H/t10-,12+;/m1./s1. The van der Waals surface area contributed by atoms with Gasteiger partial charge >= 0.3 is 0 Å². The summed E-state index contributed by atoms with van der Waals surface area (Å²) in [5.74, 6) is -0.381. The summed E-state index contributed by atoms with van der Waals surface area (Å²) < 4.78 is 25.3. The van der Waals surface area contributed by atoms with Gasteiger partial charge in [-0.25, -0.2) is 8.42 Å². The molecule has 1 amide bonds. The summed E-state index contributed by atoms with van der Waals surface area (Å²) in [7, 11) is -3.62. The van der Waals surface area contributed by atoms with Crippen molar-refractivity contribution in [1.29, 1.82) is 5.26 Å². The summed E-state index contributed by atoms with van der Waals surface area (Å²) in [6, 6.07) is 7.59. The Kier molecular flexibility index (Phi) is 6.65. The summed E-state index contributed by atoms with van der Waals surface area (Å²) in [6.07, 6.45) is 0.140. The second-order valence-electron chi connectivity index (χ2n) is 6.02. The third-order valence-corrected chi connectivity index (χ3v) is 6.35. The normalized spacial score (nSPS) is 20.8. The molecule has 1 saturated heterocycles. The van der Waals surface area contributed by atoms with Crippen LogP contribution in [-0.2, 0) is 14.6 Å². The van der Waals surface area contributed by atoms with Crippen LogP contribution in [0, 0.1) is 11.3 Å². The van der Waals surface area contributed by atoms with Gasteiger partial charge in [-0.05, 0) is 32.4 Å². The average molecular weight is 392 g/mol. The fourth-order valence-corrected chi connectivity index (χ4v) is 4.60. The highest BCUT2D eigenvalue weighted by Crippen LogP contribution is 2.28. The van der Waals surface area contributed by atoms with Crippen molar-refractivity contribution in [2.75, 3.05) is 6.54 Å². The van der Waals surface area contributed by atoms with Crippen molar-refractivity contribution in [2.24, 2.45) is 0 Å². The molecule has 0 saturated carbocycles. The van der Waals surface area contributed by atoms with Crippen molar-refractivity contribution in [2.45, 2.75) is 42.0 Å². The number of amides is 1. The van der Waals surface area contributed by atoms with Crippen LogP contribution >= 0.6 is 24.0 Å². The van der Waals surface area contributed by atoms with Crippen molar-refractivity contribution < 1.29 is 13.2 Å². The molecule has 0 aliphatic carbocycles. The number of halogens is 2. The quantitative estimate of drug-likeness (QED) is 0.813. The van der Waals surface area contributed by atoms with E-state index in [-0.39, 0.29) is 41.2 Å². The van der Waals surface area contributed by atoms with Crippen LogP contribution in [0.15, 0.2) is 29.2 Å². The SMILES string of the molecule is CC(C)(C#N)NC(=O)[C@@H]1C[C@@H](S(=O)(=O)c2ccccc2Cl)CN1.Cl. The molecule has 2 atom stereocenters. The zero-order valence-electron chi connectivity index (χ0n) is 13.2. The second-order valence-corrected chi connectivity index (χ2v) is 8.62. The number of hydrogen-bond donors (Lipinski definition) is 2. The van der Waals surface area contributed by atoms with E-state index < -0.39 is 26.7 Å². The third-order valence-electron chi connectivity index (χ3n) is 3.70. The van der Waals surface area contributed by atoms with E-state index in [1.165, 1.54) is 12.1 Å². The van der Waals surface area contributed by atoms with E-state index in [9.17, 15) is 13.2 Å². The van der Waals surface area contributed by atoms with Crippen LogP contribution in [0.5, 0.6) is 0 Å².